The molecule has 0 aliphatic carbocycles. The summed E-state index contributed by atoms with van der Waals surface area (Å²) in [4.78, 5) is 9.28. The molecule has 0 amide bonds. The second-order valence-electron chi connectivity index (χ2n) is 5.49. The normalized spacial score (nSPS) is 12.3. The first-order valence-electron chi connectivity index (χ1n) is 7.89. The minimum atomic E-state index is 0.490. The lowest BCUT2D eigenvalue weighted by molar-refractivity contribution is 0.355. The summed E-state index contributed by atoms with van der Waals surface area (Å²) in [5, 5.41) is 1.44. The van der Waals surface area contributed by atoms with E-state index in [2.05, 4.69) is 18.8 Å². The van der Waals surface area contributed by atoms with E-state index in [-0.39, 0.29) is 0 Å². The molecule has 0 bridgehead atoms. The summed E-state index contributed by atoms with van der Waals surface area (Å²) in [6, 6.07) is 7.81. The van der Waals surface area contributed by atoms with E-state index in [9.17, 15) is 0 Å². The predicted molar refractivity (Wildman–Crippen MR) is 97.1 cm³/mol. The Morgan fingerprint density at radius 2 is 1.96 bits per heavy atom. The number of hydrogen-bond acceptors (Lipinski definition) is 5. The zero-order chi connectivity index (χ0) is 17.1. The van der Waals surface area contributed by atoms with Gasteiger partial charge in [0.15, 0.2) is 16.7 Å². The lowest BCUT2D eigenvalue weighted by atomic mass is 10.1. The van der Waals surface area contributed by atoms with E-state index in [4.69, 9.17) is 14.5 Å². The van der Waals surface area contributed by atoms with Gasteiger partial charge in [-0.05, 0) is 24.6 Å². The van der Waals surface area contributed by atoms with Crippen molar-refractivity contribution in [1.82, 2.24) is 14.4 Å². The van der Waals surface area contributed by atoms with E-state index in [0.717, 1.165) is 28.5 Å². The van der Waals surface area contributed by atoms with Crippen LogP contribution in [0, 0.1) is 0 Å². The maximum absolute atomic E-state index is 5.40. The Morgan fingerprint density at radius 1 is 1.17 bits per heavy atom. The number of ether oxygens (including phenoxy) is 2. The number of fused-ring (bicyclic) bond motifs is 1. The van der Waals surface area contributed by atoms with Gasteiger partial charge in [-0.2, -0.15) is 0 Å². The minimum Gasteiger partial charge on any atom is -0.493 e. The molecule has 0 saturated heterocycles. The average molecular weight is 343 g/mol. The molecule has 3 rings (SSSR count). The van der Waals surface area contributed by atoms with Gasteiger partial charge in [-0.15, -0.1) is 0 Å². The van der Waals surface area contributed by atoms with Crippen LogP contribution in [0.5, 0.6) is 11.5 Å². The van der Waals surface area contributed by atoms with Crippen molar-refractivity contribution in [1.29, 1.82) is 0 Å². The van der Waals surface area contributed by atoms with Crippen LogP contribution in [0.25, 0.3) is 16.9 Å². The summed E-state index contributed by atoms with van der Waals surface area (Å²) >= 11 is 1.76. The quantitative estimate of drug-likeness (QED) is 0.493. The smallest absolute Gasteiger partial charge is 0.174 e. The van der Waals surface area contributed by atoms with Crippen LogP contribution in [0.1, 0.15) is 20.3 Å². The molecule has 0 fully saturated rings. The van der Waals surface area contributed by atoms with Gasteiger partial charge in [0, 0.05) is 29.3 Å². The number of benzene rings is 1. The van der Waals surface area contributed by atoms with Crippen molar-refractivity contribution in [3.05, 3.63) is 36.7 Å². The molecule has 0 aliphatic rings. The molecule has 0 N–H and O–H groups in total. The van der Waals surface area contributed by atoms with Gasteiger partial charge in [-0.25, -0.2) is 9.97 Å². The van der Waals surface area contributed by atoms with E-state index < -0.39 is 0 Å². The number of methoxy groups -OCH3 is 2. The zero-order valence-electron chi connectivity index (χ0n) is 14.3. The van der Waals surface area contributed by atoms with Crippen LogP contribution in [-0.2, 0) is 0 Å². The van der Waals surface area contributed by atoms with Gasteiger partial charge in [-0.3, -0.25) is 4.40 Å². The molecule has 6 heteroatoms. The first-order valence-corrected chi connectivity index (χ1v) is 8.77. The number of nitrogens with zero attached hydrogens (tertiary/aromatic N) is 3. The van der Waals surface area contributed by atoms with Crippen LogP contribution in [-0.4, -0.2) is 33.8 Å². The van der Waals surface area contributed by atoms with Gasteiger partial charge in [0.2, 0.25) is 0 Å². The maximum Gasteiger partial charge on any atom is 0.174 e. The van der Waals surface area contributed by atoms with Gasteiger partial charge in [0.1, 0.15) is 5.65 Å². The molecule has 5 nitrogen and oxygen atoms in total. The number of imidazole rings is 1. The molecule has 2 aromatic heterocycles. The summed E-state index contributed by atoms with van der Waals surface area (Å²) in [5.74, 6) is 1.40. The fourth-order valence-corrected chi connectivity index (χ4v) is 3.33. The number of rotatable bonds is 6. The predicted octanol–water partition coefficient (Wildman–Crippen LogP) is 4.30. The van der Waals surface area contributed by atoms with E-state index in [0.29, 0.717) is 16.7 Å². The van der Waals surface area contributed by atoms with Crippen LogP contribution >= 0.6 is 11.8 Å². The summed E-state index contributed by atoms with van der Waals surface area (Å²) in [5.41, 5.74) is 2.74. The Bertz CT molecular complexity index is 847. The Labute approximate surface area is 146 Å². The van der Waals surface area contributed by atoms with Crippen LogP contribution in [0.4, 0.5) is 0 Å². The molecule has 2 heterocycles. The van der Waals surface area contributed by atoms with Gasteiger partial charge in [0.25, 0.3) is 0 Å². The Balaban J connectivity index is 2.09. The van der Waals surface area contributed by atoms with Crippen molar-refractivity contribution in [3.8, 4) is 22.8 Å². The second kappa shape index (κ2) is 7.13. The summed E-state index contributed by atoms with van der Waals surface area (Å²) in [6.07, 6.45) is 4.84. The van der Waals surface area contributed by atoms with Crippen LogP contribution < -0.4 is 9.47 Å². The molecule has 126 valence electrons. The van der Waals surface area contributed by atoms with Crippen molar-refractivity contribution in [3.63, 3.8) is 0 Å². The largest absolute Gasteiger partial charge is 0.493 e. The van der Waals surface area contributed by atoms with E-state index in [1.54, 1.807) is 32.2 Å². The first-order chi connectivity index (χ1) is 11.7. The van der Waals surface area contributed by atoms with Crippen molar-refractivity contribution in [2.75, 3.05) is 14.2 Å². The van der Waals surface area contributed by atoms with E-state index >= 15 is 0 Å². The average Bonchev–Trinajstić information content (AvgIpc) is 3.09. The van der Waals surface area contributed by atoms with Crippen molar-refractivity contribution >= 4 is 17.4 Å². The number of aromatic nitrogens is 3. The lowest BCUT2D eigenvalue weighted by Crippen LogP contribution is -2.01. The van der Waals surface area contributed by atoms with Gasteiger partial charge >= 0.3 is 0 Å². The minimum absolute atomic E-state index is 0.490. The fourth-order valence-electron chi connectivity index (χ4n) is 2.38. The zero-order valence-corrected chi connectivity index (χ0v) is 15.1. The molecular weight excluding hydrogens is 322 g/mol. The molecule has 1 unspecified atom stereocenters. The standard InChI is InChI=1S/C18H21N3O2S/c1-5-12(2)24-18-20-14(11-17-19-8-9-21(17)18)13-6-7-15(22-3)16(10-13)23-4/h6-12H,5H2,1-4H3. The Hall–Kier alpha value is -2.21. The second-order valence-corrected chi connectivity index (χ2v) is 6.89. The molecule has 1 aromatic carbocycles. The van der Waals surface area contributed by atoms with Gasteiger partial charge < -0.3 is 9.47 Å². The molecule has 0 saturated carbocycles. The van der Waals surface area contributed by atoms with Gasteiger partial charge in [-0.1, -0.05) is 25.6 Å². The molecule has 3 aromatic rings. The molecule has 1 atom stereocenters. The Kier molecular flexibility index (Phi) is 4.94. The number of thioether (sulfide) groups is 1. The van der Waals surface area contributed by atoms with E-state index in [1.165, 1.54) is 0 Å². The van der Waals surface area contributed by atoms with Crippen molar-refractivity contribution in [2.45, 2.75) is 30.7 Å². The highest BCUT2D eigenvalue weighted by molar-refractivity contribution is 7.99. The fraction of sp³-hybridized carbons (Fsp3) is 0.333. The van der Waals surface area contributed by atoms with Crippen LogP contribution in [0.2, 0.25) is 0 Å². The third-order valence-electron chi connectivity index (χ3n) is 3.92. The topological polar surface area (TPSA) is 48.7 Å². The third kappa shape index (κ3) is 3.19. The molecule has 0 spiro atoms. The molecular formula is C18H21N3O2S. The van der Waals surface area contributed by atoms with Crippen molar-refractivity contribution < 1.29 is 9.47 Å². The molecule has 0 aliphatic heterocycles. The van der Waals surface area contributed by atoms with E-state index in [1.807, 2.05) is 34.9 Å². The van der Waals surface area contributed by atoms with Crippen molar-refractivity contribution in [2.24, 2.45) is 0 Å². The summed E-state index contributed by atoms with van der Waals surface area (Å²) in [6.45, 7) is 4.39. The summed E-state index contributed by atoms with van der Waals surface area (Å²) < 4.78 is 12.7. The Morgan fingerprint density at radius 3 is 2.67 bits per heavy atom. The summed E-state index contributed by atoms with van der Waals surface area (Å²) in [7, 11) is 3.27. The monoisotopic (exact) mass is 343 g/mol. The SMILES string of the molecule is CCC(C)Sc1nc(-c2ccc(OC)c(OC)c2)cc2nccn12. The van der Waals surface area contributed by atoms with Gasteiger partial charge in [0.05, 0.1) is 19.9 Å². The molecule has 24 heavy (non-hydrogen) atoms. The highest BCUT2D eigenvalue weighted by Crippen LogP contribution is 2.33. The third-order valence-corrected chi connectivity index (χ3v) is 5.15. The lowest BCUT2D eigenvalue weighted by Gasteiger charge is -2.13. The maximum atomic E-state index is 5.40. The van der Waals surface area contributed by atoms with Crippen LogP contribution in [0.15, 0.2) is 41.8 Å². The molecule has 0 radical (unpaired) electrons. The highest BCUT2D eigenvalue weighted by Gasteiger charge is 2.13. The first kappa shape index (κ1) is 16.6. The number of hydrogen-bond donors (Lipinski definition) is 0. The highest BCUT2D eigenvalue weighted by atomic mass is 32.2. The van der Waals surface area contributed by atoms with Crippen LogP contribution in [0.3, 0.4) is 0 Å².